The quantitative estimate of drug-likeness (QED) is 0.517. The van der Waals surface area contributed by atoms with Crippen LogP contribution in [-0.4, -0.2) is 61.7 Å². The van der Waals surface area contributed by atoms with Gasteiger partial charge in [0, 0.05) is 26.2 Å². The Morgan fingerprint density at radius 1 is 1.00 bits per heavy atom. The number of carbonyl (C=O) groups is 2. The molecule has 0 radical (unpaired) electrons. The number of halogens is 2. The van der Waals surface area contributed by atoms with Crippen LogP contribution in [-0.2, 0) is 26.3 Å². The van der Waals surface area contributed by atoms with Crippen molar-refractivity contribution in [2.24, 2.45) is 0 Å². The molecule has 0 unspecified atom stereocenters. The fraction of sp³-hybridized carbons (Fsp3) is 0.440. The minimum Gasteiger partial charge on any atom is -0.350 e. The van der Waals surface area contributed by atoms with Gasteiger partial charge in [-0.2, -0.15) is 12.7 Å². The molecule has 1 N–H and O–H groups in total. The maximum absolute atomic E-state index is 14.7. The number of carbonyl (C=O) groups excluding carboxylic acids is 2. The van der Waals surface area contributed by atoms with Crippen molar-refractivity contribution in [1.82, 2.24) is 14.5 Å². The number of benzene rings is 2. The number of hydrogen-bond donors (Lipinski definition) is 1. The van der Waals surface area contributed by atoms with Crippen molar-refractivity contribution in [3.05, 3.63) is 65.7 Å². The summed E-state index contributed by atoms with van der Waals surface area (Å²) >= 11 is 0. The van der Waals surface area contributed by atoms with Crippen LogP contribution in [0.5, 0.6) is 0 Å². The second-order valence-electron chi connectivity index (χ2n) is 9.56. The smallest absolute Gasteiger partial charge is 0.304 e. The van der Waals surface area contributed by atoms with Crippen molar-refractivity contribution >= 4 is 27.7 Å². The topological polar surface area (TPSA) is 90.0 Å². The number of amides is 2. The van der Waals surface area contributed by atoms with Crippen LogP contribution in [0.15, 0.2) is 48.5 Å². The van der Waals surface area contributed by atoms with Gasteiger partial charge in [-0.15, -0.1) is 0 Å². The molecule has 0 bridgehead atoms. The van der Waals surface area contributed by atoms with Gasteiger partial charge < -0.3 is 10.2 Å². The van der Waals surface area contributed by atoms with Crippen LogP contribution in [0.25, 0.3) is 0 Å². The molecule has 0 aliphatic carbocycles. The fourth-order valence-electron chi connectivity index (χ4n) is 3.51. The van der Waals surface area contributed by atoms with Gasteiger partial charge in [-0.25, -0.2) is 13.1 Å². The second kappa shape index (κ2) is 11.8. The number of hydrogen-bond acceptors (Lipinski definition) is 4. The molecule has 0 aliphatic rings. The van der Waals surface area contributed by atoms with E-state index in [4.69, 9.17) is 0 Å². The molecule has 0 heterocycles. The second-order valence-corrected chi connectivity index (χ2v) is 11.6. The van der Waals surface area contributed by atoms with Gasteiger partial charge in [-0.1, -0.05) is 31.2 Å². The first-order valence-electron chi connectivity index (χ1n) is 11.5. The van der Waals surface area contributed by atoms with Crippen molar-refractivity contribution in [1.29, 1.82) is 0 Å². The summed E-state index contributed by atoms with van der Waals surface area (Å²) in [7, 11) is -1.73. The number of rotatable bonds is 10. The molecule has 36 heavy (non-hydrogen) atoms. The first-order chi connectivity index (χ1) is 16.7. The molecule has 198 valence electrons. The third-order valence-corrected chi connectivity index (χ3v) is 7.10. The Morgan fingerprint density at radius 2 is 1.58 bits per heavy atom. The van der Waals surface area contributed by atoms with Crippen LogP contribution in [0.1, 0.15) is 39.7 Å². The summed E-state index contributed by atoms with van der Waals surface area (Å²) in [5.41, 5.74) is -0.337. The monoisotopic (exact) mass is 524 g/mol. The summed E-state index contributed by atoms with van der Waals surface area (Å²) in [6.07, 6.45) is 0.231. The molecule has 8 nitrogen and oxygen atoms in total. The lowest BCUT2D eigenvalue weighted by Gasteiger charge is -2.35. The van der Waals surface area contributed by atoms with E-state index in [1.807, 2.05) is 0 Å². The van der Waals surface area contributed by atoms with Crippen LogP contribution < -0.4 is 9.62 Å². The van der Waals surface area contributed by atoms with Gasteiger partial charge in [-0.3, -0.25) is 9.59 Å². The van der Waals surface area contributed by atoms with Crippen LogP contribution in [0.3, 0.4) is 0 Å². The predicted molar refractivity (Wildman–Crippen MR) is 135 cm³/mol. The molecule has 0 saturated heterocycles. The summed E-state index contributed by atoms with van der Waals surface area (Å²) in [6.45, 7) is 6.29. The van der Waals surface area contributed by atoms with Crippen molar-refractivity contribution in [2.75, 3.05) is 24.9 Å². The number of para-hydroxylation sites is 1. The summed E-state index contributed by atoms with van der Waals surface area (Å²) in [4.78, 5) is 28.0. The zero-order chi connectivity index (χ0) is 27.3. The molecule has 1 atom stereocenters. The molecule has 2 aromatic rings. The highest BCUT2D eigenvalue weighted by atomic mass is 32.2. The predicted octanol–water partition coefficient (Wildman–Crippen LogP) is 3.30. The Balaban J connectivity index is 2.53. The Bertz CT molecular complexity index is 1170. The average Bonchev–Trinajstić information content (AvgIpc) is 2.77. The molecule has 2 amide bonds. The van der Waals surface area contributed by atoms with Gasteiger partial charge in [-0.05, 0) is 57.0 Å². The lowest BCUT2D eigenvalue weighted by atomic mass is 10.1. The number of anilines is 1. The zero-order valence-corrected chi connectivity index (χ0v) is 22.3. The Morgan fingerprint density at radius 3 is 2.08 bits per heavy atom. The molecule has 11 heteroatoms. The maximum Gasteiger partial charge on any atom is 0.304 e. The van der Waals surface area contributed by atoms with Gasteiger partial charge in [0.25, 0.3) is 0 Å². The van der Waals surface area contributed by atoms with Crippen molar-refractivity contribution in [3.63, 3.8) is 0 Å². The van der Waals surface area contributed by atoms with E-state index < -0.39 is 51.8 Å². The van der Waals surface area contributed by atoms with Crippen LogP contribution in [0.2, 0.25) is 0 Å². The van der Waals surface area contributed by atoms with E-state index in [9.17, 15) is 26.8 Å². The summed E-state index contributed by atoms with van der Waals surface area (Å²) < 4.78 is 55.9. The first kappa shape index (κ1) is 29.2. The molecule has 0 fully saturated rings. The van der Waals surface area contributed by atoms with E-state index in [1.54, 1.807) is 27.7 Å². The van der Waals surface area contributed by atoms with Gasteiger partial charge in [0.05, 0.1) is 5.69 Å². The third kappa shape index (κ3) is 7.47. The molecule has 2 rings (SSSR count). The standard InChI is InChI=1S/C25H34F2N4O4S/c1-7-21(24(33)28-25(2,3)4)30(16-18-12-14-19(26)15-13-18)23(32)17-31(36(34,35)29(5)6)22-11-9-8-10-20(22)27/h8-15,21H,7,16-17H2,1-6H3,(H,28,33)/t21-/m1/s1. The third-order valence-electron chi connectivity index (χ3n) is 5.29. The van der Waals surface area contributed by atoms with Crippen molar-refractivity contribution in [2.45, 2.75) is 52.2 Å². The molecule has 0 spiro atoms. The molecule has 2 aromatic carbocycles. The van der Waals surface area contributed by atoms with E-state index in [0.717, 1.165) is 10.4 Å². The summed E-state index contributed by atoms with van der Waals surface area (Å²) in [5.74, 6) is -2.42. The SMILES string of the molecule is CC[C@H](C(=O)NC(C)(C)C)N(Cc1ccc(F)cc1)C(=O)CN(c1ccccc1F)S(=O)(=O)N(C)C. The summed E-state index contributed by atoms with van der Waals surface area (Å²) in [5, 5.41) is 2.85. The van der Waals surface area contributed by atoms with Gasteiger partial charge in [0.1, 0.15) is 24.2 Å². The van der Waals surface area contributed by atoms with E-state index in [-0.39, 0.29) is 18.7 Å². The maximum atomic E-state index is 14.7. The summed E-state index contributed by atoms with van der Waals surface area (Å²) in [6, 6.07) is 9.70. The zero-order valence-electron chi connectivity index (χ0n) is 21.5. The Labute approximate surface area is 212 Å². The fourth-order valence-corrected chi connectivity index (χ4v) is 4.58. The Kier molecular flexibility index (Phi) is 9.56. The van der Waals surface area contributed by atoms with Crippen LogP contribution in [0.4, 0.5) is 14.5 Å². The molecule has 0 saturated carbocycles. The molecular formula is C25H34F2N4O4S. The van der Waals surface area contributed by atoms with E-state index in [0.29, 0.717) is 9.87 Å². The first-order valence-corrected chi connectivity index (χ1v) is 12.9. The highest BCUT2D eigenvalue weighted by Gasteiger charge is 2.35. The van der Waals surface area contributed by atoms with E-state index in [2.05, 4.69) is 5.32 Å². The van der Waals surface area contributed by atoms with Crippen LogP contribution >= 0.6 is 0 Å². The van der Waals surface area contributed by atoms with Crippen LogP contribution in [0, 0.1) is 11.6 Å². The minimum absolute atomic E-state index is 0.0810. The average molecular weight is 525 g/mol. The molecule has 0 aliphatic heterocycles. The number of nitrogens with one attached hydrogen (secondary N) is 1. The lowest BCUT2D eigenvalue weighted by molar-refractivity contribution is -0.141. The normalized spacial score (nSPS) is 12.8. The van der Waals surface area contributed by atoms with Crippen molar-refractivity contribution < 1.29 is 26.8 Å². The van der Waals surface area contributed by atoms with Gasteiger partial charge in [0.15, 0.2) is 0 Å². The number of nitrogens with zero attached hydrogens (tertiary/aromatic N) is 3. The van der Waals surface area contributed by atoms with Crippen molar-refractivity contribution in [3.8, 4) is 0 Å². The minimum atomic E-state index is -4.27. The van der Waals surface area contributed by atoms with E-state index in [1.165, 1.54) is 61.5 Å². The highest BCUT2D eigenvalue weighted by Crippen LogP contribution is 2.24. The highest BCUT2D eigenvalue weighted by molar-refractivity contribution is 7.90. The molecular weight excluding hydrogens is 490 g/mol. The van der Waals surface area contributed by atoms with E-state index >= 15 is 0 Å². The van der Waals surface area contributed by atoms with Gasteiger partial charge >= 0.3 is 10.2 Å². The lowest BCUT2D eigenvalue weighted by Crippen LogP contribution is -2.55. The Hall–Kier alpha value is -3.05. The largest absolute Gasteiger partial charge is 0.350 e. The molecule has 0 aromatic heterocycles. The van der Waals surface area contributed by atoms with Gasteiger partial charge in [0.2, 0.25) is 11.8 Å².